The van der Waals surface area contributed by atoms with Crippen molar-refractivity contribution in [3.8, 4) is 0 Å². The van der Waals surface area contributed by atoms with Crippen LogP contribution in [-0.2, 0) is 6.54 Å². The van der Waals surface area contributed by atoms with E-state index in [-0.39, 0.29) is 0 Å². The Labute approximate surface area is 125 Å². The third-order valence-corrected chi connectivity index (χ3v) is 5.12. The zero-order valence-electron chi connectivity index (χ0n) is 12.4. The van der Waals surface area contributed by atoms with Crippen LogP contribution in [0.4, 0.5) is 0 Å². The van der Waals surface area contributed by atoms with Crippen molar-refractivity contribution in [2.75, 3.05) is 6.54 Å². The van der Waals surface area contributed by atoms with Gasteiger partial charge < -0.3 is 5.32 Å². The summed E-state index contributed by atoms with van der Waals surface area (Å²) in [6.45, 7) is 8.73. The molecule has 3 nitrogen and oxygen atoms in total. The van der Waals surface area contributed by atoms with Crippen LogP contribution in [0.2, 0.25) is 0 Å². The summed E-state index contributed by atoms with van der Waals surface area (Å²) in [5, 5.41) is 8.21. The van der Waals surface area contributed by atoms with E-state index in [1.807, 2.05) is 6.20 Å². The molecule has 0 amide bonds. The van der Waals surface area contributed by atoms with E-state index < -0.39 is 0 Å². The standard InChI is InChI=1S/C15H26BrN3/c1-4-17-14(15(3)9-7-6-8-10-15)13-12(16)11-18-19(13)5-2/h11,14,17H,4-10H2,1-3H3. The number of nitrogens with one attached hydrogen (secondary N) is 1. The van der Waals surface area contributed by atoms with Crippen LogP contribution in [0.1, 0.15) is 64.6 Å². The van der Waals surface area contributed by atoms with E-state index in [1.54, 1.807) is 0 Å². The van der Waals surface area contributed by atoms with Crippen molar-refractivity contribution in [3.63, 3.8) is 0 Å². The van der Waals surface area contributed by atoms with Gasteiger partial charge in [-0.25, -0.2) is 0 Å². The molecular weight excluding hydrogens is 302 g/mol. The molecule has 19 heavy (non-hydrogen) atoms. The van der Waals surface area contributed by atoms with Gasteiger partial charge in [0.25, 0.3) is 0 Å². The van der Waals surface area contributed by atoms with Gasteiger partial charge in [0, 0.05) is 6.54 Å². The Morgan fingerprint density at radius 2 is 2.05 bits per heavy atom. The summed E-state index contributed by atoms with van der Waals surface area (Å²) in [5.74, 6) is 0. The van der Waals surface area contributed by atoms with Gasteiger partial charge in [0.1, 0.15) is 0 Å². The average molecular weight is 328 g/mol. The summed E-state index contributed by atoms with van der Waals surface area (Å²) >= 11 is 3.70. The fourth-order valence-electron chi connectivity index (χ4n) is 3.44. The number of aryl methyl sites for hydroxylation is 1. The summed E-state index contributed by atoms with van der Waals surface area (Å²) in [6.07, 6.45) is 8.67. The van der Waals surface area contributed by atoms with Crippen LogP contribution < -0.4 is 5.32 Å². The highest BCUT2D eigenvalue weighted by molar-refractivity contribution is 9.10. The minimum absolute atomic E-state index is 0.351. The highest BCUT2D eigenvalue weighted by Gasteiger charge is 2.38. The van der Waals surface area contributed by atoms with Gasteiger partial charge in [-0.3, -0.25) is 4.68 Å². The summed E-state index contributed by atoms with van der Waals surface area (Å²) in [6, 6.07) is 0.398. The zero-order valence-corrected chi connectivity index (χ0v) is 14.0. The van der Waals surface area contributed by atoms with Gasteiger partial charge in [-0.1, -0.05) is 33.1 Å². The van der Waals surface area contributed by atoms with Gasteiger partial charge >= 0.3 is 0 Å². The average Bonchev–Trinajstić information content (AvgIpc) is 2.77. The minimum Gasteiger partial charge on any atom is -0.308 e. The lowest BCUT2D eigenvalue weighted by molar-refractivity contribution is 0.139. The van der Waals surface area contributed by atoms with Gasteiger partial charge in [-0.2, -0.15) is 5.10 Å². The lowest BCUT2D eigenvalue weighted by atomic mass is 9.69. The van der Waals surface area contributed by atoms with Crippen molar-refractivity contribution in [2.45, 2.75) is 65.5 Å². The Morgan fingerprint density at radius 3 is 2.63 bits per heavy atom. The summed E-state index contributed by atoms with van der Waals surface area (Å²) in [5.41, 5.74) is 1.68. The first-order valence-electron chi connectivity index (χ1n) is 7.57. The molecule has 1 atom stereocenters. The van der Waals surface area contributed by atoms with Crippen molar-refractivity contribution in [1.82, 2.24) is 15.1 Å². The van der Waals surface area contributed by atoms with E-state index in [1.165, 1.54) is 37.8 Å². The fraction of sp³-hybridized carbons (Fsp3) is 0.800. The largest absolute Gasteiger partial charge is 0.308 e. The Kier molecular flexibility index (Phi) is 5.07. The number of hydrogen-bond donors (Lipinski definition) is 1. The van der Waals surface area contributed by atoms with E-state index in [4.69, 9.17) is 0 Å². The molecule has 1 aromatic heterocycles. The lowest BCUT2D eigenvalue weighted by Gasteiger charge is -2.41. The number of nitrogens with zero attached hydrogens (tertiary/aromatic N) is 2. The monoisotopic (exact) mass is 327 g/mol. The summed E-state index contributed by atoms with van der Waals surface area (Å²) < 4.78 is 3.28. The number of rotatable bonds is 5. The second-order valence-corrected chi connectivity index (χ2v) is 6.75. The van der Waals surface area contributed by atoms with Gasteiger partial charge in [0.2, 0.25) is 0 Å². The lowest BCUT2D eigenvalue weighted by Crippen LogP contribution is -2.39. The molecule has 1 unspecified atom stereocenters. The summed E-state index contributed by atoms with van der Waals surface area (Å²) in [4.78, 5) is 0. The number of hydrogen-bond acceptors (Lipinski definition) is 2. The van der Waals surface area contributed by atoms with E-state index in [9.17, 15) is 0 Å². The SMILES string of the molecule is CCNC(c1c(Br)cnn1CC)C1(C)CCCCC1. The first kappa shape index (κ1) is 15.0. The predicted molar refractivity (Wildman–Crippen MR) is 83.2 cm³/mol. The quantitative estimate of drug-likeness (QED) is 0.874. The van der Waals surface area contributed by atoms with E-state index in [2.05, 4.69) is 51.8 Å². The Bertz CT molecular complexity index is 408. The Hall–Kier alpha value is -0.350. The molecule has 1 saturated carbocycles. The van der Waals surface area contributed by atoms with Gasteiger partial charge in [-0.15, -0.1) is 0 Å². The highest BCUT2D eigenvalue weighted by Crippen LogP contribution is 2.46. The number of aromatic nitrogens is 2. The molecule has 0 radical (unpaired) electrons. The topological polar surface area (TPSA) is 29.9 Å². The Morgan fingerprint density at radius 1 is 1.37 bits per heavy atom. The molecule has 0 saturated heterocycles. The van der Waals surface area contributed by atoms with E-state index in [0.29, 0.717) is 11.5 Å². The first-order chi connectivity index (χ1) is 9.12. The van der Waals surface area contributed by atoms with Gasteiger partial charge in [0.05, 0.1) is 22.4 Å². The molecule has 1 aliphatic carbocycles. The fourth-order valence-corrected chi connectivity index (χ4v) is 3.96. The molecule has 2 rings (SSSR count). The third kappa shape index (κ3) is 3.05. The van der Waals surface area contributed by atoms with Crippen molar-refractivity contribution in [3.05, 3.63) is 16.4 Å². The second-order valence-electron chi connectivity index (χ2n) is 5.90. The molecule has 1 N–H and O–H groups in total. The molecular formula is C15H26BrN3. The highest BCUT2D eigenvalue weighted by atomic mass is 79.9. The van der Waals surface area contributed by atoms with Crippen LogP contribution in [0.25, 0.3) is 0 Å². The number of halogens is 1. The smallest absolute Gasteiger partial charge is 0.0701 e. The molecule has 108 valence electrons. The first-order valence-corrected chi connectivity index (χ1v) is 8.36. The normalized spacial score (nSPS) is 20.4. The second kappa shape index (κ2) is 6.40. The molecule has 0 bridgehead atoms. The minimum atomic E-state index is 0.351. The predicted octanol–water partition coefficient (Wildman–Crippen LogP) is 4.29. The maximum Gasteiger partial charge on any atom is 0.0701 e. The molecule has 0 aliphatic heterocycles. The van der Waals surface area contributed by atoms with E-state index >= 15 is 0 Å². The molecule has 1 aromatic rings. The van der Waals surface area contributed by atoms with E-state index in [0.717, 1.165) is 17.6 Å². The zero-order chi connectivity index (χ0) is 13.9. The maximum absolute atomic E-state index is 4.49. The molecule has 1 aliphatic rings. The van der Waals surface area contributed by atoms with Crippen molar-refractivity contribution < 1.29 is 0 Å². The molecule has 1 heterocycles. The van der Waals surface area contributed by atoms with Crippen molar-refractivity contribution in [2.24, 2.45) is 5.41 Å². The van der Waals surface area contributed by atoms with Crippen molar-refractivity contribution in [1.29, 1.82) is 0 Å². The van der Waals surface area contributed by atoms with Crippen LogP contribution in [-0.4, -0.2) is 16.3 Å². The molecule has 4 heteroatoms. The van der Waals surface area contributed by atoms with Crippen LogP contribution in [0, 0.1) is 5.41 Å². The van der Waals surface area contributed by atoms with Crippen molar-refractivity contribution >= 4 is 15.9 Å². The van der Waals surface area contributed by atoms with Crippen LogP contribution >= 0.6 is 15.9 Å². The summed E-state index contributed by atoms with van der Waals surface area (Å²) in [7, 11) is 0. The van der Waals surface area contributed by atoms with Crippen LogP contribution in [0.5, 0.6) is 0 Å². The van der Waals surface area contributed by atoms with Crippen LogP contribution in [0.15, 0.2) is 10.7 Å². The third-order valence-electron chi connectivity index (χ3n) is 4.51. The molecule has 0 aromatic carbocycles. The van der Waals surface area contributed by atoms with Gasteiger partial charge in [-0.05, 0) is 47.7 Å². The molecule has 1 fully saturated rings. The molecule has 0 spiro atoms. The van der Waals surface area contributed by atoms with Crippen LogP contribution in [0.3, 0.4) is 0 Å². The Balaban J connectivity index is 2.35. The maximum atomic E-state index is 4.49. The van der Waals surface area contributed by atoms with Gasteiger partial charge in [0.15, 0.2) is 0 Å².